The lowest BCUT2D eigenvalue weighted by molar-refractivity contribution is -0.198. The summed E-state index contributed by atoms with van der Waals surface area (Å²) in [5, 5.41) is 1.76. The number of ketones is 1. The van der Waals surface area contributed by atoms with Gasteiger partial charge in [0.2, 0.25) is 5.54 Å². The summed E-state index contributed by atoms with van der Waals surface area (Å²) in [4.78, 5) is 25.0. The van der Waals surface area contributed by atoms with Crippen molar-refractivity contribution >= 4 is 18.0 Å². The molecule has 0 bridgehead atoms. The van der Waals surface area contributed by atoms with Crippen LogP contribution in [-0.2, 0) is 15.1 Å². The second kappa shape index (κ2) is 7.92. The van der Waals surface area contributed by atoms with Gasteiger partial charge in [-0.25, -0.2) is 4.79 Å². The van der Waals surface area contributed by atoms with Crippen molar-refractivity contribution in [3.8, 4) is 0 Å². The number of hydrogen-bond acceptors (Lipinski definition) is 4. The number of halogens is 3. The van der Waals surface area contributed by atoms with E-state index in [0.717, 1.165) is 24.3 Å². The number of benzene rings is 1. The Kier molecular flexibility index (Phi) is 6.01. The van der Waals surface area contributed by atoms with Crippen LogP contribution in [0.2, 0.25) is 0 Å². The molecule has 5 nitrogen and oxygen atoms in total. The Morgan fingerprint density at radius 1 is 1.04 bits per heavy atom. The summed E-state index contributed by atoms with van der Waals surface area (Å²) >= 11 is 0. The molecule has 1 atom stereocenters. The summed E-state index contributed by atoms with van der Waals surface area (Å²) in [6.07, 6.45) is -3.37. The highest BCUT2D eigenvalue weighted by atomic mass is 19.4. The van der Waals surface area contributed by atoms with Crippen molar-refractivity contribution in [3.05, 3.63) is 66.1 Å². The third kappa shape index (κ3) is 4.82. The van der Waals surface area contributed by atoms with Gasteiger partial charge in [-0.2, -0.15) is 13.2 Å². The maximum atomic E-state index is 14.2. The lowest BCUT2D eigenvalue weighted by Crippen LogP contribution is -2.61. The minimum Gasteiger partial charge on any atom is -0.465 e. The van der Waals surface area contributed by atoms with Gasteiger partial charge in [0.05, 0.1) is 6.26 Å². The molecule has 150 valence electrons. The molecule has 0 aliphatic rings. The highest BCUT2D eigenvalue weighted by molar-refractivity contribution is 6.03. The van der Waals surface area contributed by atoms with E-state index in [-0.39, 0.29) is 5.76 Å². The van der Waals surface area contributed by atoms with Crippen molar-refractivity contribution in [2.24, 2.45) is 0 Å². The molecule has 0 saturated heterocycles. The van der Waals surface area contributed by atoms with Crippen LogP contribution in [0.15, 0.2) is 59.2 Å². The number of amides is 1. The summed E-state index contributed by atoms with van der Waals surface area (Å²) in [7, 11) is 0. The summed E-state index contributed by atoms with van der Waals surface area (Å²) in [5.41, 5.74) is -4.81. The Hall–Kier alpha value is -3.03. The molecular formula is C20H20F3NO4. The second-order valence-corrected chi connectivity index (χ2v) is 6.95. The summed E-state index contributed by atoms with van der Waals surface area (Å²) < 4.78 is 52.6. The maximum absolute atomic E-state index is 14.2. The zero-order chi connectivity index (χ0) is 21.0. The Morgan fingerprint density at radius 3 is 2.18 bits per heavy atom. The van der Waals surface area contributed by atoms with Crippen molar-refractivity contribution in [3.63, 3.8) is 0 Å². The zero-order valence-corrected chi connectivity index (χ0v) is 15.5. The topological polar surface area (TPSA) is 68.5 Å². The average Bonchev–Trinajstić information content (AvgIpc) is 3.09. The van der Waals surface area contributed by atoms with Gasteiger partial charge in [0.1, 0.15) is 11.4 Å². The zero-order valence-electron chi connectivity index (χ0n) is 15.5. The van der Waals surface area contributed by atoms with Crippen molar-refractivity contribution in [1.29, 1.82) is 0 Å². The van der Waals surface area contributed by atoms with Crippen LogP contribution in [0.1, 0.15) is 32.1 Å². The first-order valence-corrected chi connectivity index (χ1v) is 8.35. The van der Waals surface area contributed by atoms with E-state index in [4.69, 9.17) is 9.15 Å². The van der Waals surface area contributed by atoms with E-state index in [9.17, 15) is 22.8 Å². The van der Waals surface area contributed by atoms with Crippen LogP contribution < -0.4 is 5.32 Å². The Labute approximate surface area is 160 Å². The van der Waals surface area contributed by atoms with Gasteiger partial charge in [-0.1, -0.05) is 30.3 Å². The Morgan fingerprint density at radius 2 is 1.68 bits per heavy atom. The first kappa shape index (κ1) is 21.3. The van der Waals surface area contributed by atoms with Crippen LogP contribution in [-0.4, -0.2) is 23.7 Å². The summed E-state index contributed by atoms with van der Waals surface area (Å²) in [5.74, 6) is -1.21. The number of carbonyl (C=O) groups is 2. The predicted octanol–water partition coefficient (Wildman–Crippen LogP) is 4.84. The molecule has 1 unspecified atom stereocenters. The molecular weight excluding hydrogens is 375 g/mol. The SMILES string of the molecule is CC(C)(C)OC(=O)NC(C(=O)/C=C\c1ccco1)(c1ccccc1)C(F)(F)F. The average molecular weight is 395 g/mol. The first-order valence-electron chi connectivity index (χ1n) is 8.35. The maximum Gasteiger partial charge on any atom is 0.423 e. The van der Waals surface area contributed by atoms with Crippen molar-refractivity contribution in [1.82, 2.24) is 5.32 Å². The van der Waals surface area contributed by atoms with E-state index < -0.39 is 34.8 Å². The molecule has 0 radical (unpaired) electrons. The Bertz CT molecular complexity index is 837. The monoisotopic (exact) mass is 395 g/mol. The van der Waals surface area contributed by atoms with Crippen molar-refractivity contribution in [2.45, 2.75) is 38.1 Å². The molecule has 0 fully saturated rings. The molecule has 1 N–H and O–H groups in total. The molecule has 0 aliphatic heterocycles. The van der Waals surface area contributed by atoms with Crippen LogP contribution in [0.25, 0.3) is 6.08 Å². The number of carbonyl (C=O) groups excluding carboxylic acids is 2. The van der Waals surface area contributed by atoms with Gasteiger partial charge in [0.15, 0.2) is 5.78 Å². The molecule has 8 heteroatoms. The molecule has 2 aromatic rings. The van der Waals surface area contributed by atoms with E-state index in [1.54, 1.807) is 5.32 Å². The van der Waals surface area contributed by atoms with E-state index in [0.29, 0.717) is 0 Å². The molecule has 2 rings (SSSR count). The number of ether oxygens (including phenoxy) is 1. The Balaban J connectivity index is 2.54. The van der Waals surface area contributed by atoms with Crippen LogP contribution in [0.4, 0.5) is 18.0 Å². The molecule has 1 amide bonds. The highest BCUT2D eigenvalue weighted by Crippen LogP contribution is 2.40. The van der Waals surface area contributed by atoms with Crippen LogP contribution >= 0.6 is 0 Å². The van der Waals surface area contributed by atoms with Crippen molar-refractivity contribution < 1.29 is 31.9 Å². The normalized spacial score (nSPS) is 14.5. The molecule has 0 spiro atoms. The van der Waals surface area contributed by atoms with E-state index in [1.165, 1.54) is 57.4 Å². The van der Waals surface area contributed by atoms with Crippen molar-refractivity contribution in [2.75, 3.05) is 0 Å². The molecule has 28 heavy (non-hydrogen) atoms. The number of rotatable bonds is 5. The fourth-order valence-corrected chi connectivity index (χ4v) is 2.46. The minimum absolute atomic E-state index is 0.190. The summed E-state index contributed by atoms with van der Waals surface area (Å²) in [6.45, 7) is 4.51. The van der Waals surface area contributed by atoms with E-state index in [2.05, 4.69) is 0 Å². The lowest BCUT2D eigenvalue weighted by Gasteiger charge is -2.35. The number of furan rings is 1. The highest BCUT2D eigenvalue weighted by Gasteiger charge is 2.62. The number of alkyl halides is 3. The van der Waals surface area contributed by atoms with Crippen LogP contribution in [0.5, 0.6) is 0 Å². The van der Waals surface area contributed by atoms with Gasteiger partial charge in [-0.05, 0) is 50.6 Å². The largest absolute Gasteiger partial charge is 0.465 e. The lowest BCUT2D eigenvalue weighted by atomic mass is 9.84. The van der Waals surface area contributed by atoms with Gasteiger partial charge < -0.3 is 9.15 Å². The number of nitrogens with one attached hydrogen (secondary N) is 1. The second-order valence-electron chi connectivity index (χ2n) is 6.95. The smallest absolute Gasteiger partial charge is 0.423 e. The van der Waals surface area contributed by atoms with Crippen LogP contribution in [0, 0.1) is 0 Å². The van der Waals surface area contributed by atoms with Gasteiger partial charge in [-0.3, -0.25) is 10.1 Å². The number of hydrogen-bond donors (Lipinski definition) is 1. The quantitative estimate of drug-likeness (QED) is 0.736. The third-order valence-corrected chi connectivity index (χ3v) is 3.63. The predicted molar refractivity (Wildman–Crippen MR) is 96.3 cm³/mol. The fourth-order valence-electron chi connectivity index (χ4n) is 2.46. The van der Waals surface area contributed by atoms with E-state index in [1.807, 2.05) is 0 Å². The summed E-state index contributed by atoms with van der Waals surface area (Å²) in [6, 6.07) is 9.42. The standard InChI is InChI=1S/C20H20F3NO4/c1-18(2,3)28-17(26)24-19(20(21,22)23,14-8-5-4-6-9-14)16(25)12-11-15-10-7-13-27-15/h4-13H,1-3H3,(H,24,26)/b12-11-. The minimum atomic E-state index is -5.14. The number of alkyl carbamates (subject to hydrolysis) is 1. The molecule has 0 saturated carbocycles. The molecule has 1 heterocycles. The molecule has 1 aromatic carbocycles. The van der Waals surface area contributed by atoms with Gasteiger partial charge in [0.25, 0.3) is 0 Å². The van der Waals surface area contributed by atoms with Gasteiger partial charge >= 0.3 is 12.3 Å². The third-order valence-electron chi connectivity index (χ3n) is 3.63. The fraction of sp³-hybridized carbons (Fsp3) is 0.300. The van der Waals surface area contributed by atoms with Gasteiger partial charge in [-0.15, -0.1) is 0 Å². The van der Waals surface area contributed by atoms with E-state index >= 15 is 0 Å². The molecule has 0 aliphatic carbocycles. The van der Waals surface area contributed by atoms with Gasteiger partial charge in [0, 0.05) is 0 Å². The molecule has 1 aromatic heterocycles. The van der Waals surface area contributed by atoms with Crippen LogP contribution in [0.3, 0.4) is 0 Å². The first-order chi connectivity index (χ1) is 13.0.